The van der Waals surface area contributed by atoms with Crippen molar-refractivity contribution in [2.75, 3.05) is 13.2 Å². The molecule has 0 radical (unpaired) electrons. The molecular formula is C4H12O5S. The van der Waals surface area contributed by atoms with E-state index in [0.717, 1.165) is 13.2 Å². The Morgan fingerprint density at radius 3 is 1.40 bits per heavy atom. The van der Waals surface area contributed by atoms with E-state index in [-0.39, 0.29) is 0 Å². The van der Waals surface area contributed by atoms with Gasteiger partial charge in [0.25, 0.3) is 0 Å². The third-order valence-corrected chi connectivity index (χ3v) is 0.408. The number of rotatable bonds is 2. The molecule has 0 rings (SSSR count). The highest BCUT2D eigenvalue weighted by atomic mass is 32.3. The highest BCUT2D eigenvalue weighted by molar-refractivity contribution is 7.79. The maximum atomic E-state index is 8.74. The van der Waals surface area contributed by atoms with Gasteiger partial charge in [0, 0.05) is 13.2 Å². The lowest BCUT2D eigenvalue weighted by atomic mass is 10.8. The van der Waals surface area contributed by atoms with Crippen LogP contribution in [0.1, 0.15) is 13.8 Å². The van der Waals surface area contributed by atoms with Crippen molar-refractivity contribution in [1.29, 1.82) is 0 Å². The van der Waals surface area contributed by atoms with Gasteiger partial charge in [-0.25, -0.2) is 0 Å². The molecule has 0 aromatic rings. The maximum absolute atomic E-state index is 8.74. The molecule has 10 heavy (non-hydrogen) atoms. The Morgan fingerprint density at radius 2 is 1.40 bits per heavy atom. The summed E-state index contributed by atoms with van der Waals surface area (Å²) in [5.41, 5.74) is 0. The molecule has 0 aromatic heterocycles. The van der Waals surface area contributed by atoms with Gasteiger partial charge in [-0.15, -0.1) is 0 Å². The van der Waals surface area contributed by atoms with Crippen LogP contribution in [0.25, 0.3) is 0 Å². The van der Waals surface area contributed by atoms with Crippen LogP contribution in [0.15, 0.2) is 0 Å². The van der Waals surface area contributed by atoms with E-state index in [2.05, 4.69) is 0 Å². The molecule has 0 amide bonds. The molecule has 0 heterocycles. The minimum Gasteiger partial charge on any atom is -0.382 e. The molecule has 0 aliphatic carbocycles. The standard InChI is InChI=1S/C4H10O.H2O4S/c1-3-5-4-2;1-5(2,3)4/h3-4H2,1-2H3;(H2,1,2,3,4). The monoisotopic (exact) mass is 172 g/mol. The van der Waals surface area contributed by atoms with Crippen LogP contribution in [0.4, 0.5) is 0 Å². The van der Waals surface area contributed by atoms with Gasteiger partial charge >= 0.3 is 10.4 Å². The van der Waals surface area contributed by atoms with Gasteiger partial charge in [0.15, 0.2) is 0 Å². The van der Waals surface area contributed by atoms with Crippen LogP contribution in [0.5, 0.6) is 0 Å². The summed E-state index contributed by atoms with van der Waals surface area (Å²) in [4.78, 5) is 0. The summed E-state index contributed by atoms with van der Waals surface area (Å²) in [5.74, 6) is 0. The molecule has 0 aromatic carbocycles. The van der Waals surface area contributed by atoms with Gasteiger partial charge in [0.1, 0.15) is 0 Å². The van der Waals surface area contributed by atoms with E-state index in [4.69, 9.17) is 22.3 Å². The van der Waals surface area contributed by atoms with Crippen molar-refractivity contribution >= 4 is 10.4 Å². The fourth-order valence-electron chi connectivity index (χ4n) is 0.204. The number of hydrogen-bond donors (Lipinski definition) is 2. The Kier molecular flexibility index (Phi) is 8.68. The van der Waals surface area contributed by atoms with Gasteiger partial charge < -0.3 is 4.74 Å². The zero-order valence-corrected chi connectivity index (χ0v) is 6.76. The van der Waals surface area contributed by atoms with E-state index in [1.807, 2.05) is 13.8 Å². The molecule has 0 aliphatic rings. The predicted molar refractivity (Wildman–Crippen MR) is 36.3 cm³/mol. The normalized spacial score (nSPS) is 10.0. The minimum absolute atomic E-state index is 0.844. The first-order chi connectivity index (χ1) is 4.41. The second kappa shape index (κ2) is 6.94. The van der Waals surface area contributed by atoms with Crippen molar-refractivity contribution in [3.8, 4) is 0 Å². The second-order valence-electron chi connectivity index (χ2n) is 1.23. The number of hydrogen-bond acceptors (Lipinski definition) is 3. The van der Waals surface area contributed by atoms with Crippen LogP contribution >= 0.6 is 0 Å². The fraction of sp³-hybridized carbons (Fsp3) is 1.00. The zero-order valence-electron chi connectivity index (χ0n) is 5.94. The Bertz CT molecular complexity index is 128. The van der Waals surface area contributed by atoms with E-state index in [9.17, 15) is 0 Å². The van der Waals surface area contributed by atoms with Crippen molar-refractivity contribution in [3.63, 3.8) is 0 Å². The van der Waals surface area contributed by atoms with Gasteiger partial charge in [-0.05, 0) is 13.8 Å². The summed E-state index contributed by atoms with van der Waals surface area (Å²) in [6.45, 7) is 5.67. The van der Waals surface area contributed by atoms with Crippen molar-refractivity contribution < 1.29 is 22.3 Å². The first-order valence-corrected chi connectivity index (χ1v) is 4.09. The van der Waals surface area contributed by atoms with Crippen LogP contribution in [0.3, 0.4) is 0 Å². The first-order valence-electron chi connectivity index (χ1n) is 2.69. The van der Waals surface area contributed by atoms with Crippen LogP contribution in [-0.2, 0) is 15.1 Å². The SMILES string of the molecule is CCOCC.O=S(=O)(O)O. The quantitative estimate of drug-likeness (QED) is 0.588. The lowest BCUT2D eigenvalue weighted by Crippen LogP contribution is -1.89. The van der Waals surface area contributed by atoms with Crippen LogP contribution in [0.2, 0.25) is 0 Å². The van der Waals surface area contributed by atoms with Crippen molar-refractivity contribution in [2.24, 2.45) is 0 Å². The Hall–Kier alpha value is -0.170. The summed E-state index contributed by atoms with van der Waals surface area (Å²) in [6, 6.07) is 0. The highest BCUT2D eigenvalue weighted by Gasteiger charge is 1.84. The van der Waals surface area contributed by atoms with Gasteiger partial charge in [0.05, 0.1) is 0 Å². The molecule has 6 heteroatoms. The van der Waals surface area contributed by atoms with Gasteiger partial charge in [-0.1, -0.05) is 0 Å². The molecule has 64 valence electrons. The fourth-order valence-corrected chi connectivity index (χ4v) is 0.204. The Morgan fingerprint density at radius 1 is 1.20 bits per heavy atom. The molecule has 0 fully saturated rings. The first kappa shape index (κ1) is 12.5. The zero-order chi connectivity index (χ0) is 8.62. The highest BCUT2D eigenvalue weighted by Crippen LogP contribution is 1.64. The molecule has 0 unspecified atom stereocenters. The lowest BCUT2D eigenvalue weighted by Gasteiger charge is -1.86. The molecule has 2 N–H and O–H groups in total. The molecule has 0 bridgehead atoms. The molecule has 0 saturated heterocycles. The summed E-state index contributed by atoms with van der Waals surface area (Å²) in [5, 5.41) is 0. The van der Waals surface area contributed by atoms with E-state index < -0.39 is 10.4 Å². The molecule has 5 nitrogen and oxygen atoms in total. The molecule has 0 atom stereocenters. The van der Waals surface area contributed by atoms with Crippen LogP contribution in [-0.4, -0.2) is 30.7 Å². The summed E-state index contributed by atoms with van der Waals surface area (Å²) in [6.07, 6.45) is 0. The van der Waals surface area contributed by atoms with Gasteiger partial charge in [-0.3, -0.25) is 9.11 Å². The van der Waals surface area contributed by atoms with E-state index in [1.165, 1.54) is 0 Å². The lowest BCUT2D eigenvalue weighted by molar-refractivity contribution is 0.162. The van der Waals surface area contributed by atoms with Gasteiger partial charge in [0.2, 0.25) is 0 Å². The molecule has 0 saturated carbocycles. The topological polar surface area (TPSA) is 83.8 Å². The summed E-state index contributed by atoms with van der Waals surface area (Å²) >= 11 is 0. The molecule has 0 spiro atoms. The summed E-state index contributed by atoms with van der Waals surface area (Å²) < 4.78 is 36.4. The maximum Gasteiger partial charge on any atom is 0.394 e. The Labute approximate surface area is 60.6 Å². The average molecular weight is 172 g/mol. The van der Waals surface area contributed by atoms with Crippen molar-refractivity contribution in [3.05, 3.63) is 0 Å². The van der Waals surface area contributed by atoms with Crippen LogP contribution < -0.4 is 0 Å². The predicted octanol–water partition coefficient (Wildman–Crippen LogP) is 0.390. The van der Waals surface area contributed by atoms with E-state index in [1.54, 1.807) is 0 Å². The van der Waals surface area contributed by atoms with Crippen molar-refractivity contribution in [2.45, 2.75) is 13.8 Å². The second-order valence-corrected chi connectivity index (χ2v) is 2.12. The largest absolute Gasteiger partial charge is 0.394 e. The smallest absolute Gasteiger partial charge is 0.382 e. The van der Waals surface area contributed by atoms with Crippen molar-refractivity contribution in [1.82, 2.24) is 0 Å². The Balaban J connectivity index is 0. The summed E-state index contributed by atoms with van der Waals surface area (Å²) in [7, 11) is -4.67. The van der Waals surface area contributed by atoms with Gasteiger partial charge in [-0.2, -0.15) is 8.42 Å². The van der Waals surface area contributed by atoms with Crippen LogP contribution in [0, 0.1) is 0 Å². The van der Waals surface area contributed by atoms with E-state index in [0.29, 0.717) is 0 Å². The average Bonchev–Trinajstić information content (AvgIpc) is 1.63. The minimum atomic E-state index is -4.67. The number of ether oxygens (including phenoxy) is 1. The molecular weight excluding hydrogens is 160 g/mol. The van der Waals surface area contributed by atoms with E-state index >= 15 is 0 Å². The third-order valence-electron chi connectivity index (χ3n) is 0.408. The molecule has 0 aliphatic heterocycles. The third kappa shape index (κ3) is 109.